The molecule has 2 aromatic rings. The minimum absolute atomic E-state index is 0.217. The zero-order valence-corrected chi connectivity index (χ0v) is 9.47. The maximum Gasteiger partial charge on any atom is 0.168 e. The van der Waals surface area contributed by atoms with E-state index in [1.54, 1.807) is 0 Å². The number of Topliss-reactive ketones (excluding diaryl/α,β-unsaturated/α-hetero) is 1. The predicted molar refractivity (Wildman–Crippen MR) is 68.0 cm³/mol. The quantitative estimate of drug-likeness (QED) is 0.766. The highest BCUT2D eigenvalue weighted by atomic mass is 16.1. The minimum Gasteiger partial charge on any atom is -0.343 e. The van der Waals surface area contributed by atoms with E-state index < -0.39 is 0 Å². The summed E-state index contributed by atoms with van der Waals surface area (Å²) in [4.78, 5) is 11.7. The standard InChI is InChI=1S/C15H13NO/c17-15-8-4-7-14-13(15)9-10-16(14)11-12-5-2-1-3-6-12/h1-7,9-10H,8,11H2. The number of nitrogens with zero attached hydrogens (tertiary/aromatic N) is 1. The molecule has 17 heavy (non-hydrogen) atoms. The average Bonchev–Trinajstić information content (AvgIpc) is 2.76. The number of hydrogen-bond acceptors (Lipinski definition) is 1. The van der Waals surface area contributed by atoms with Crippen LogP contribution in [0.15, 0.2) is 48.7 Å². The van der Waals surface area contributed by atoms with Crippen LogP contribution in [-0.4, -0.2) is 10.4 Å². The summed E-state index contributed by atoms with van der Waals surface area (Å²) < 4.78 is 2.12. The molecule has 0 saturated heterocycles. The first kappa shape index (κ1) is 10.1. The summed E-state index contributed by atoms with van der Waals surface area (Å²) in [6.45, 7) is 0.813. The fourth-order valence-corrected chi connectivity index (χ4v) is 2.21. The second-order valence-corrected chi connectivity index (χ2v) is 4.26. The summed E-state index contributed by atoms with van der Waals surface area (Å²) in [6, 6.07) is 12.2. The van der Waals surface area contributed by atoms with Crippen molar-refractivity contribution in [3.05, 3.63) is 65.5 Å². The Hall–Kier alpha value is -2.09. The molecular formula is C15H13NO. The van der Waals surface area contributed by atoms with Gasteiger partial charge in [0, 0.05) is 24.7 Å². The van der Waals surface area contributed by atoms with Crippen molar-refractivity contribution in [2.24, 2.45) is 0 Å². The van der Waals surface area contributed by atoms with E-state index in [0.717, 1.165) is 17.8 Å². The summed E-state index contributed by atoms with van der Waals surface area (Å²) in [7, 11) is 0. The number of allylic oxidation sites excluding steroid dienone is 1. The lowest BCUT2D eigenvalue weighted by molar-refractivity contribution is 0.0994. The van der Waals surface area contributed by atoms with Crippen LogP contribution >= 0.6 is 0 Å². The van der Waals surface area contributed by atoms with Gasteiger partial charge in [0.2, 0.25) is 0 Å². The van der Waals surface area contributed by atoms with Crippen LogP contribution in [0.25, 0.3) is 6.08 Å². The molecular weight excluding hydrogens is 210 g/mol. The Bertz CT molecular complexity index is 578. The van der Waals surface area contributed by atoms with E-state index in [1.165, 1.54) is 5.56 Å². The molecule has 1 aromatic heterocycles. The Kier molecular flexibility index (Phi) is 2.41. The first-order valence-electron chi connectivity index (χ1n) is 5.77. The van der Waals surface area contributed by atoms with E-state index in [9.17, 15) is 4.79 Å². The normalized spacial score (nSPS) is 13.8. The lowest BCUT2D eigenvalue weighted by atomic mass is 10.0. The van der Waals surface area contributed by atoms with Crippen molar-refractivity contribution in [2.45, 2.75) is 13.0 Å². The van der Waals surface area contributed by atoms with Gasteiger partial charge in [-0.05, 0) is 17.7 Å². The number of fused-ring (bicyclic) bond motifs is 1. The Balaban J connectivity index is 1.96. The second kappa shape index (κ2) is 4.06. The van der Waals surface area contributed by atoms with Crippen molar-refractivity contribution in [1.29, 1.82) is 0 Å². The third-order valence-electron chi connectivity index (χ3n) is 3.08. The zero-order valence-electron chi connectivity index (χ0n) is 9.47. The topological polar surface area (TPSA) is 22.0 Å². The van der Waals surface area contributed by atoms with Crippen molar-refractivity contribution >= 4 is 11.9 Å². The van der Waals surface area contributed by atoms with Gasteiger partial charge >= 0.3 is 0 Å². The van der Waals surface area contributed by atoms with Gasteiger partial charge in [-0.1, -0.05) is 36.4 Å². The van der Waals surface area contributed by atoms with Gasteiger partial charge in [-0.25, -0.2) is 0 Å². The second-order valence-electron chi connectivity index (χ2n) is 4.26. The largest absolute Gasteiger partial charge is 0.343 e. The van der Waals surface area contributed by atoms with E-state index in [2.05, 4.69) is 16.7 Å². The van der Waals surface area contributed by atoms with Gasteiger partial charge < -0.3 is 4.57 Å². The molecule has 0 amide bonds. The monoisotopic (exact) mass is 223 g/mol. The van der Waals surface area contributed by atoms with Gasteiger partial charge in [0.15, 0.2) is 5.78 Å². The molecule has 1 aromatic carbocycles. The molecule has 1 aliphatic rings. The first-order chi connectivity index (χ1) is 8.34. The van der Waals surface area contributed by atoms with Gasteiger partial charge in [-0.15, -0.1) is 0 Å². The molecule has 0 N–H and O–H groups in total. The summed E-state index contributed by atoms with van der Waals surface area (Å²) in [5, 5.41) is 0. The van der Waals surface area contributed by atoms with Crippen LogP contribution in [0.3, 0.4) is 0 Å². The molecule has 2 nitrogen and oxygen atoms in total. The third kappa shape index (κ3) is 1.82. The molecule has 84 valence electrons. The summed E-state index contributed by atoms with van der Waals surface area (Å²) >= 11 is 0. The van der Waals surface area contributed by atoms with Crippen molar-refractivity contribution in [2.75, 3.05) is 0 Å². The predicted octanol–water partition coefficient (Wildman–Crippen LogP) is 3.14. The van der Waals surface area contributed by atoms with E-state index in [0.29, 0.717) is 6.42 Å². The maximum absolute atomic E-state index is 11.7. The fraction of sp³-hybridized carbons (Fsp3) is 0.133. The summed E-state index contributed by atoms with van der Waals surface area (Å²) in [6.07, 6.45) is 6.50. The SMILES string of the molecule is O=C1CC=Cc2c1ccn2Cc1ccccc1. The molecule has 1 heterocycles. The van der Waals surface area contributed by atoms with E-state index in [4.69, 9.17) is 0 Å². The number of hydrogen-bond donors (Lipinski definition) is 0. The highest BCUT2D eigenvalue weighted by molar-refractivity contribution is 6.02. The summed E-state index contributed by atoms with van der Waals surface area (Å²) in [5.41, 5.74) is 3.13. The third-order valence-corrected chi connectivity index (χ3v) is 3.08. The molecule has 0 aliphatic heterocycles. The van der Waals surface area contributed by atoms with Crippen LogP contribution in [0.4, 0.5) is 0 Å². The van der Waals surface area contributed by atoms with Crippen LogP contribution in [0.5, 0.6) is 0 Å². The molecule has 0 unspecified atom stereocenters. The zero-order chi connectivity index (χ0) is 11.7. The van der Waals surface area contributed by atoms with E-state index >= 15 is 0 Å². The molecule has 0 fully saturated rings. The highest BCUT2D eigenvalue weighted by Crippen LogP contribution is 2.21. The number of rotatable bonds is 2. The lowest BCUT2D eigenvalue weighted by Gasteiger charge is -2.10. The maximum atomic E-state index is 11.7. The van der Waals surface area contributed by atoms with Crippen LogP contribution in [-0.2, 0) is 6.54 Å². The number of benzene rings is 1. The van der Waals surface area contributed by atoms with Crippen molar-refractivity contribution in [3.8, 4) is 0 Å². The van der Waals surface area contributed by atoms with Crippen molar-refractivity contribution < 1.29 is 4.79 Å². The highest BCUT2D eigenvalue weighted by Gasteiger charge is 2.16. The summed E-state index contributed by atoms with van der Waals surface area (Å²) in [5.74, 6) is 0.217. The van der Waals surface area contributed by atoms with Gasteiger partial charge in [0.05, 0.1) is 5.69 Å². The van der Waals surface area contributed by atoms with Gasteiger partial charge in [-0.2, -0.15) is 0 Å². The van der Waals surface area contributed by atoms with Crippen LogP contribution in [0.1, 0.15) is 28.0 Å². The van der Waals surface area contributed by atoms with E-state index in [-0.39, 0.29) is 5.78 Å². The van der Waals surface area contributed by atoms with Crippen LogP contribution in [0, 0.1) is 0 Å². The van der Waals surface area contributed by atoms with Crippen LogP contribution in [0.2, 0.25) is 0 Å². The molecule has 0 atom stereocenters. The molecule has 0 saturated carbocycles. The Labute approximate surface area is 100 Å². The number of carbonyl (C=O) groups is 1. The minimum atomic E-state index is 0.217. The molecule has 3 rings (SSSR count). The average molecular weight is 223 g/mol. The van der Waals surface area contributed by atoms with Crippen molar-refractivity contribution in [3.63, 3.8) is 0 Å². The first-order valence-corrected chi connectivity index (χ1v) is 5.77. The smallest absolute Gasteiger partial charge is 0.168 e. The Morgan fingerprint density at radius 3 is 2.76 bits per heavy atom. The van der Waals surface area contributed by atoms with Gasteiger partial charge in [0.1, 0.15) is 0 Å². The lowest BCUT2D eigenvalue weighted by Crippen LogP contribution is -2.07. The Morgan fingerprint density at radius 2 is 1.94 bits per heavy atom. The molecule has 1 aliphatic carbocycles. The molecule has 0 spiro atoms. The van der Waals surface area contributed by atoms with E-state index in [1.807, 2.05) is 42.6 Å². The van der Waals surface area contributed by atoms with Crippen molar-refractivity contribution in [1.82, 2.24) is 4.57 Å². The molecule has 2 heteroatoms. The van der Waals surface area contributed by atoms with Gasteiger partial charge in [-0.3, -0.25) is 4.79 Å². The number of ketones is 1. The fourth-order valence-electron chi connectivity index (χ4n) is 2.21. The molecule has 0 bridgehead atoms. The number of carbonyl (C=O) groups excluding carboxylic acids is 1. The molecule has 0 radical (unpaired) electrons. The van der Waals surface area contributed by atoms with Crippen LogP contribution < -0.4 is 0 Å². The Morgan fingerprint density at radius 1 is 1.12 bits per heavy atom. The van der Waals surface area contributed by atoms with Gasteiger partial charge in [0.25, 0.3) is 0 Å². The number of aromatic nitrogens is 1.